The molecule has 4 unspecified atom stereocenters. The van der Waals surface area contributed by atoms with Crippen molar-refractivity contribution in [2.24, 2.45) is 5.41 Å². The minimum absolute atomic E-state index is 0.196. The second-order valence-electron chi connectivity index (χ2n) is 11.5. The molecular weight excluding hydrogens is 802 g/mol. The van der Waals surface area contributed by atoms with Gasteiger partial charge in [-0.15, -0.1) is 0 Å². The van der Waals surface area contributed by atoms with Gasteiger partial charge in [-0.1, -0.05) is 5.92 Å². The summed E-state index contributed by atoms with van der Waals surface area (Å²) in [6.07, 6.45) is -2.06. The Hall–Kier alpha value is -2.48. The molecule has 0 saturated heterocycles. The van der Waals surface area contributed by atoms with Gasteiger partial charge in [-0.2, -0.15) is 0 Å². The zero-order valence-electron chi connectivity index (χ0n) is 20.9. The molecule has 4 saturated carbocycles. The van der Waals surface area contributed by atoms with Crippen LogP contribution < -0.4 is 0 Å². The summed E-state index contributed by atoms with van der Waals surface area (Å²) in [4.78, 5) is 0. The zero-order chi connectivity index (χ0) is 30.7. The average molecular weight is 818 g/mol. The maximum atomic E-state index is 16.0. The number of hydrogen-bond acceptors (Lipinski definition) is 3. The van der Waals surface area contributed by atoms with Crippen LogP contribution in [0.15, 0.2) is 18.2 Å². The first-order chi connectivity index (χ1) is 19.6. The second kappa shape index (κ2) is 9.26. The SMILES string of the molecule is Oc1c(F)cc(F)c(C23CC4(C#CI)CC(c5c(F)cc(F)c(O)c5F)(C2)C(c2c(F)cc(I)c(O)c2F)(C4)C3)c1F. The molecule has 220 valence electrons. The Balaban J connectivity index is 1.80. The first-order valence-electron chi connectivity index (χ1n) is 12.3. The summed E-state index contributed by atoms with van der Waals surface area (Å²) in [6, 6.07) is 1.22. The lowest BCUT2D eigenvalue weighted by Gasteiger charge is -2.46. The highest BCUT2D eigenvalue weighted by atomic mass is 127. The Labute approximate surface area is 260 Å². The van der Waals surface area contributed by atoms with Crippen molar-refractivity contribution < 1.29 is 50.4 Å². The van der Waals surface area contributed by atoms with Gasteiger partial charge in [-0.05, 0) is 64.7 Å². The van der Waals surface area contributed by atoms with Gasteiger partial charge < -0.3 is 15.3 Å². The van der Waals surface area contributed by atoms with Crippen LogP contribution in [0, 0.1) is 65.4 Å². The predicted octanol–water partition coefficient (Wildman–Crippen LogP) is 8.01. The highest BCUT2D eigenvalue weighted by molar-refractivity contribution is 14.1. The summed E-state index contributed by atoms with van der Waals surface area (Å²) in [5, 5.41) is 30.8. The standard InChI is InChI=1S/C29H16F8I2O3/c30-11-3-14(33)23(40)20(35)17(11)27-6-26(1-2-38)7-28(9-27,18-12(31)4-15(34)24(41)21(18)36)29(8-26,10-27)19-13(32)5-16(39)25(42)22(19)37/h3-5,40-42H,6-10H2. The minimum atomic E-state index is -2.13. The van der Waals surface area contributed by atoms with E-state index in [9.17, 15) is 24.1 Å². The van der Waals surface area contributed by atoms with Crippen molar-refractivity contribution in [2.75, 3.05) is 0 Å². The van der Waals surface area contributed by atoms with Crippen molar-refractivity contribution in [2.45, 2.75) is 48.3 Å². The number of aromatic hydroxyl groups is 3. The number of phenols is 3. The van der Waals surface area contributed by atoms with Crippen molar-refractivity contribution in [1.29, 1.82) is 0 Å². The molecule has 3 aromatic rings. The molecule has 4 aliphatic rings. The lowest BCUT2D eigenvalue weighted by atomic mass is 9.56. The minimum Gasteiger partial charge on any atom is -0.504 e. The molecule has 0 aliphatic heterocycles. The Morgan fingerprint density at radius 3 is 1.50 bits per heavy atom. The zero-order valence-corrected chi connectivity index (χ0v) is 25.2. The number of rotatable bonds is 3. The van der Waals surface area contributed by atoms with Crippen LogP contribution in [0.5, 0.6) is 17.2 Å². The summed E-state index contributed by atoms with van der Waals surface area (Å²) in [7, 11) is 0. The van der Waals surface area contributed by atoms with E-state index in [2.05, 4.69) is 9.85 Å². The van der Waals surface area contributed by atoms with Crippen molar-refractivity contribution >= 4 is 45.2 Å². The maximum Gasteiger partial charge on any atom is 0.188 e. The molecule has 0 heterocycles. The third kappa shape index (κ3) is 3.56. The van der Waals surface area contributed by atoms with Gasteiger partial charge >= 0.3 is 0 Å². The van der Waals surface area contributed by atoms with E-state index in [0.717, 1.165) is 6.07 Å². The van der Waals surface area contributed by atoms with E-state index in [1.165, 1.54) is 22.6 Å². The van der Waals surface area contributed by atoms with Crippen molar-refractivity contribution in [3.05, 3.63) is 85.0 Å². The van der Waals surface area contributed by atoms with Crippen molar-refractivity contribution in [3.8, 4) is 27.1 Å². The van der Waals surface area contributed by atoms with Crippen LogP contribution in [0.1, 0.15) is 48.8 Å². The van der Waals surface area contributed by atoms with Gasteiger partial charge in [0.15, 0.2) is 46.3 Å². The summed E-state index contributed by atoms with van der Waals surface area (Å²) < 4.78 is 125. The van der Waals surface area contributed by atoms with Gasteiger partial charge in [-0.3, -0.25) is 0 Å². The molecule has 4 atom stereocenters. The average Bonchev–Trinajstić information content (AvgIpc) is 3.20. The Bertz CT molecular complexity index is 1720. The predicted molar refractivity (Wildman–Crippen MR) is 149 cm³/mol. The molecule has 4 fully saturated rings. The van der Waals surface area contributed by atoms with Gasteiger partial charge in [0.05, 0.1) is 3.57 Å². The fourth-order valence-corrected chi connectivity index (χ4v) is 9.65. The topological polar surface area (TPSA) is 60.7 Å². The smallest absolute Gasteiger partial charge is 0.188 e. The van der Waals surface area contributed by atoms with E-state index in [0.29, 0.717) is 0 Å². The fraction of sp³-hybridized carbons (Fsp3) is 0.310. The molecule has 4 bridgehead atoms. The lowest BCUT2D eigenvalue weighted by molar-refractivity contribution is 0.149. The Morgan fingerprint density at radius 1 is 0.571 bits per heavy atom. The van der Waals surface area contributed by atoms with Crippen LogP contribution >= 0.6 is 45.2 Å². The van der Waals surface area contributed by atoms with Gasteiger partial charge in [0.25, 0.3) is 0 Å². The Kier molecular flexibility index (Phi) is 6.52. The van der Waals surface area contributed by atoms with E-state index >= 15 is 26.3 Å². The number of hydrogen-bond donors (Lipinski definition) is 3. The number of halogens is 10. The summed E-state index contributed by atoms with van der Waals surface area (Å²) in [5.41, 5.74) is -10.2. The lowest BCUT2D eigenvalue weighted by Crippen LogP contribution is -2.43. The first kappa shape index (κ1) is 29.6. The number of phenolic OH excluding ortho intramolecular Hbond substituents is 3. The molecule has 3 N–H and O–H groups in total. The molecule has 3 nitrogen and oxygen atoms in total. The van der Waals surface area contributed by atoms with Gasteiger partial charge in [0, 0.05) is 73.1 Å². The third-order valence-electron chi connectivity index (χ3n) is 9.39. The van der Waals surface area contributed by atoms with Gasteiger partial charge in [0.1, 0.15) is 17.5 Å². The monoisotopic (exact) mass is 818 g/mol. The van der Waals surface area contributed by atoms with Crippen LogP contribution in [0.2, 0.25) is 0 Å². The van der Waals surface area contributed by atoms with Crippen LogP contribution in [-0.2, 0) is 16.2 Å². The van der Waals surface area contributed by atoms with Crippen LogP contribution in [0.3, 0.4) is 0 Å². The molecule has 4 aliphatic carbocycles. The van der Waals surface area contributed by atoms with E-state index in [4.69, 9.17) is 0 Å². The molecule has 7 rings (SSSR count). The fourth-order valence-electron chi connectivity index (χ4n) is 8.57. The van der Waals surface area contributed by atoms with Crippen LogP contribution in [-0.4, -0.2) is 15.3 Å². The summed E-state index contributed by atoms with van der Waals surface area (Å²) in [5.74, 6) is -13.6. The molecule has 13 heteroatoms. The molecule has 0 radical (unpaired) electrons. The van der Waals surface area contributed by atoms with Crippen molar-refractivity contribution in [1.82, 2.24) is 0 Å². The third-order valence-corrected chi connectivity index (χ3v) is 10.5. The summed E-state index contributed by atoms with van der Waals surface area (Å²) >= 11 is 3.14. The van der Waals surface area contributed by atoms with Gasteiger partial charge in [0.2, 0.25) is 0 Å². The Morgan fingerprint density at radius 2 is 1.00 bits per heavy atom. The molecule has 0 aromatic heterocycles. The highest BCUT2D eigenvalue weighted by Crippen LogP contribution is 2.81. The number of benzene rings is 3. The maximum absolute atomic E-state index is 16.0. The van der Waals surface area contributed by atoms with E-state index in [1.807, 2.05) is 0 Å². The molecule has 0 spiro atoms. The van der Waals surface area contributed by atoms with Gasteiger partial charge in [-0.25, -0.2) is 35.1 Å². The normalized spacial score (nSPS) is 29.2. The van der Waals surface area contributed by atoms with E-state index < -0.39 is 115 Å². The van der Waals surface area contributed by atoms with E-state index in [-0.39, 0.29) is 35.0 Å². The second-order valence-corrected chi connectivity index (χ2v) is 13.2. The molecule has 3 aromatic carbocycles. The van der Waals surface area contributed by atoms with Crippen molar-refractivity contribution in [3.63, 3.8) is 0 Å². The molecular formula is C29H16F8I2O3. The molecule has 0 amide bonds. The quantitative estimate of drug-likeness (QED) is 0.143. The first-order valence-corrected chi connectivity index (χ1v) is 14.5. The largest absolute Gasteiger partial charge is 0.504 e. The van der Waals surface area contributed by atoms with Crippen LogP contribution in [0.25, 0.3) is 0 Å². The molecule has 42 heavy (non-hydrogen) atoms. The summed E-state index contributed by atoms with van der Waals surface area (Å²) in [6.45, 7) is 0. The highest BCUT2D eigenvalue weighted by Gasteiger charge is 2.79. The van der Waals surface area contributed by atoms with Crippen LogP contribution in [0.4, 0.5) is 35.1 Å². The van der Waals surface area contributed by atoms with E-state index in [1.54, 1.807) is 22.6 Å².